The molecule has 0 atom stereocenters. The maximum atomic E-state index is 11.9. The first-order valence-corrected chi connectivity index (χ1v) is 6.37. The number of aromatic amines is 1. The molecule has 4 rings (SSSR count). The first kappa shape index (κ1) is 9.91. The molecule has 3 aromatic rings. The Morgan fingerprint density at radius 2 is 1.78 bits per heavy atom. The van der Waals surface area contributed by atoms with Gasteiger partial charge in [0, 0.05) is 21.2 Å². The molecule has 1 aromatic heterocycles. The van der Waals surface area contributed by atoms with Crippen LogP contribution in [0.25, 0.3) is 21.8 Å². The number of thioether (sulfide) groups is 1. The molecule has 4 heteroatoms. The SMILES string of the molecule is O=C1Sc2ccc3c([nH]c4ccccc43)c2C1=O. The number of hydrogen-bond donors (Lipinski definition) is 1. The number of fused-ring (bicyclic) bond motifs is 5. The topological polar surface area (TPSA) is 49.9 Å². The van der Waals surface area contributed by atoms with Crippen molar-refractivity contribution < 1.29 is 9.59 Å². The van der Waals surface area contributed by atoms with Crippen LogP contribution in [0.5, 0.6) is 0 Å². The summed E-state index contributed by atoms with van der Waals surface area (Å²) in [6, 6.07) is 11.7. The Morgan fingerprint density at radius 1 is 0.944 bits per heavy atom. The van der Waals surface area contributed by atoms with Crippen LogP contribution in [0, 0.1) is 0 Å². The summed E-state index contributed by atoms with van der Waals surface area (Å²) < 4.78 is 0. The fraction of sp³-hybridized carbons (Fsp3) is 0. The molecule has 0 bridgehead atoms. The van der Waals surface area contributed by atoms with Crippen LogP contribution in [-0.2, 0) is 4.79 Å². The minimum atomic E-state index is -0.396. The number of benzene rings is 2. The molecule has 0 fully saturated rings. The van der Waals surface area contributed by atoms with Crippen LogP contribution in [0.3, 0.4) is 0 Å². The van der Waals surface area contributed by atoms with E-state index in [9.17, 15) is 9.59 Å². The largest absolute Gasteiger partial charge is 0.354 e. The van der Waals surface area contributed by atoms with Gasteiger partial charge >= 0.3 is 0 Å². The maximum absolute atomic E-state index is 11.9. The number of aromatic nitrogens is 1. The number of para-hydroxylation sites is 1. The van der Waals surface area contributed by atoms with Crippen LogP contribution in [0.1, 0.15) is 10.4 Å². The van der Waals surface area contributed by atoms with Gasteiger partial charge in [0.2, 0.25) is 5.78 Å². The van der Waals surface area contributed by atoms with Gasteiger partial charge in [-0.2, -0.15) is 0 Å². The number of rotatable bonds is 0. The molecule has 0 radical (unpaired) electrons. The molecule has 18 heavy (non-hydrogen) atoms. The van der Waals surface area contributed by atoms with Gasteiger partial charge in [-0.3, -0.25) is 9.59 Å². The lowest BCUT2D eigenvalue weighted by atomic mass is 10.1. The molecule has 0 amide bonds. The number of carbonyl (C=O) groups excluding carboxylic acids is 2. The fourth-order valence-electron chi connectivity index (χ4n) is 2.46. The van der Waals surface area contributed by atoms with E-state index in [1.165, 1.54) is 0 Å². The number of hydrogen-bond acceptors (Lipinski definition) is 3. The molecule has 1 N–H and O–H groups in total. The van der Waals surface area contributed by atoms with E-state index in [1.807, 2.05) is 36.4 Å². The third-order valence-electron chi connectivity index (χ3n) is 3.26. The number of H-pyrrole nitrogens is 1. The molecule has 0 saturated carbocycles. The van der Waals surface area contributed by atoms with E-state index in [1.54, 1.807) is 0 Å². The van der Waals surface area contributed by atoms with Gasteiger partial charge in [-0.1, -0.05) is 24.3 Å². The Bertz CT molecular complexity index is 847. The number of Topliss-reactive ketones (excluding diaryl/α,β-unsaturated/α-hetero) is 1. The first-order valence-electron chi connectivity index (χ1n) is 5.55. The van der Waals surface area contributed by atoms with Crippen molar-refractivity contribution in [2.24, 2.45) is 0 Å². The monoisotopic (exact) mass is 253 g/mol. The zero-order chi connectivity index (χ0) is 12.3. The number of nitrogens with one attached hydrogen (secondary N) is 1. The van der Waals surface area contributed by atoms with E-state index in [0.29, 0.717) is 5.56 Å². The second-order valence-electron chi connectivity index (χ2n) is 4.25. The third kappa shape index (κ3) is 1.10. The molecular weight excluding hydrogens is 246 g/mol. The predicted octanol–water partition coefficient (Wildman–Crippen LogP) is 3.14. The van der Waals surface area contributed by atoms with Crippen molar-refractivity contribution in [1.29, 1.82) is 0 Å². The van der Waals surface area contributed by atoms with Gasteiger partial charge in [-0.05, 0) is 23.9 Å². The third-order valence-corrected chi connectivity index (χ3v) is 4.19. The summed E-state index contributed by atoms with van der Waals surface area (Å²) in [7, 11) is 0. The molecule has 1 aliphatic rings. The summed E-state index contributed by atoms with van der Waals surface area (Å²) in [6.45, 7) is 0. The predicted molar refractivity (Wildman–Crippen MR) is 71.0 cm³/mol. The van der Waals surface area contributed by atoms with E-state index in [2.05, 4.69) is 4.98 Å². The molecule has 0 unspecified atom stereocenters. The summed E-state index contributed by atoms with van der Waals surface area (Å²) >= 11 is 1.02. The van der Waals surface area contributed by atoms with Gasteiger partial charge in [0.25, 0.3) is 5.12 Å². The minimum Gasteiger partial charge on any atom is -0.354 e. The van der Waals surface area contributed by atoms with Crippen LogP contribution < -0.4 is 0 Å². The van der Waals surface area contributed by atoms with Gasteiger partial charge < -0.3 is 4.98 Å². The second-order valence-corrected chi connectivity index (χ2v) is 5.27. The highest BCUT2D eigenvalue weighted by atomic mass is 32.2. The molecule has 86 valence electrons. The van der Waals surface area contributed by atoms with Crippen LogP contribution in [0.15, 0.2) is 41.3 Å². The molecular formula is C14H7NO2S. The molecule has 0 saturated heterocycles. The Kier molecular flexibility index (Phi) is 1.78. The van der Waals surface area contributed by atoms with Gasteiger partial charge in [0.15, 0.2) is 0 Å². The molecule has 2 heterocycles. The lowest BCUT2D eigenvalue weighted by molar-refractivity contribution is -0.107. The minimum absolute atomic E-state index is 0.392. The molecule has 1 aliphatic heterocycles. The Balaban J connectivity index is 2.23. The van der Waals surface area contributed by atoms with Crippen molar-refractivity contribution in [3.63, 3.8) is 0 Å². The zero-order valence-corrected chi connectivity index (χ0v) is 10.0. The van der Waals surface area contributed by atoms with E-state index in [0.717, 1.165) is 38.5 Å². The van der Waals surface area contributed by atoms with Crippen molar-refractivity contribution in [3.8, 4) is 0 Å². The Labute approximate surface area is 106 Å². The fourth-order valence-corrected chi connectivity index (χ4v) is 3.29. The number of carbonyl (C=O) groups is 2. The molecule has 0 spiro atoms. The smallest absolute Gasteiger partial charge is 0.264 e. The molecule has 3 nitrogen and oxygen atoms in total. The van der Waals surface area contributed by atoms with Gasteiger partial charge in [-0.25, -0.2) is 0 Å². The van der Waals surface area contributed by atoms with Crippen LogP contribution in [0.2, 0.25) is 0 Å². The number of ketones is 1. The Hall–Kier alpha value is -2.07. The van der Waals surface area contributed by atoms with Crippen LogP contribution in [0.4, 0.5) is 0 Å². The Morgan fingerprint density at radius 3 is 2.67 bits per heavy atom. The van der Waals surface area contributed by atoms with E-state index < -0.39 is 10.9 Å². The van der Waals surface area contributed by atoms with Gasteiger partial charge in [0.05, 0.1) is 11.1 Å². The lowest BCUT2D eigenvalue weighted by Gasteiger charge is -1.97. The summed E-state index contributed by atoms with van der Waals surface area (Å²) in [5.41, 5.74) is 2.29. The highest BCUT2D eigenvalue weighted by molar-refractivity contribution is 8.16. The average Bonchev–Trinajstić information content (AvgIpc) is 2.88. The maximum Gasteiger partial charge on any atom is 0.264 e. The summed E-state index contributed by atoms with van der Waals surface area (Å²) in [5, 5.41) is 1.68. The highest BCUT2D eigenvalue weighted by Crippen LogP contribution is 2.39. The van der Waals surface area contributed by atoms with Gasteiger partial charge in [-0.15, -0.1) is 0 Å². The summed E-state index contributed by atoms with van der Waals surface area (Å²) in [5.74, 6) is -0.396. The van der Waals surface area contributed by atoms with Crippen molar-refractivity contribution >= 4 is 44.5 Å². The van der Waals surface area contributed by atoms with Gasteiger partial charge in [0.1, 0.15) is 0 Å². The molecule has 0 aliphatic carbocycles. The van der Waals surface area contributed by atoms with E-state index >= 15 is 0 Å². The molecule has 2 aromatic carbocycles. The quantitative estimate of drug-likeness (QED) is 0.626. The summed E-state index contributed by atoms with van der Waals surface area (Å²) in [4.78, 5) is 27.4. The van der Waals surface area contributed by atoms with Crippen molar-refractivity contribution in [1.82, 2.24) is 4.98 Å². The average molecular weight is 253 g/mol. The van der Waals surface area contributed by atoms with E-state index in [4.69, 9.17) is 0 Å². The highest BCUT2D eigenvalue weighted by Gasteiger charge is 2.32. The standard InChI is InChI=1S/C14H7NO2S/c16-13-11-10(18-14(13)17)6-5-8-7-3-1-2-4-9(7)15-12(8)11/h1-6,15H. The second kappa shape index (κ2) is 3.23. The van der Waals surface area contributed by atoms with Crippen molar-refractivity contribution in [3.05, 3.63) is 42.0 Å². The van der Waals surface area contributed by atoms with Crippen molar-refractivity contribution in [2.45, 2.75) is 4.90 Å². The van der Waals surface area contributed by atoms with Crippen molar-refractivity contribution in [2.75, 3.05) is 0 Å². The van der Waals surface area contributed by atoms with E-state index in [-0.39, 0.29) is 0 Å². The van der Waals surface area contributed by atoms with Crippen LogP contribution >= 0.6 is 11.8 Å². The van der Waals surface area contributed by atoms with Crippen LogP contribution in [-0.4, -0.2) is 15.9 Å². The zero-order valence-electron chi connectivity index (χ0n) is 9.19. The summed E-state index contributed by atoms with van der Waals surface area (Å²) in [6.07, 6.45) is 0. The first-order chi connectivity index (χ1) is 8.75. The lowest BCUT2D eigenvalue weighted by Crippen LogP contribution is -2.03. The normalized spacial score (nSPS) is 14.7.